The van der Waals surface area contributed by atoms with Crippen LogP contribution in [0.2, 0.25) is 0 Å². The Morgan fingerprint density at radius 2 is 2.10 bits per heavy atom. The first-order valence-corrected chi connectivity index (χ1v) is 7.64. The first kappa shape index (κ1) is 12.5. The van der Waals surface area contributed by atoms with Gasteiger partial charge in [0.05, 0.1) is 12.1 Å². The average molecular weight is 300 g/mol. The van der Waals surface area contributed by atoms with Crippen LogP contribution in [-0.4, -0.2) is 14.8 Å². The minimum Gasteiger partial charge on any atom is -0.348 e. The number of aromatic nitrogens is 3. The molecule has 0 spiro atoms. The van der Waals surface area contributed by atoms with Crippen LogP contribution in [0.3, 0.4) is 0 Å². The van der Waals surface area contributed by atoms with E-state index >= 15 is 0 Å². The van der Waals surface area contributed by atoms with E-state index in [0.29, 0.717) is 0 Å². The van der Waals surface area contributed by atoms with Gasteiger partial charge in [-0.25, -0.2) is 9.07 Å². The van der Waals surface area contributed by atoms with Crippen molar-refractivity contribution < 1.29 is 4.39 Å². The van der Waals surface area contributed by atoms with Crippen LogP contribution in [0, 0.1) is 5.82 Å². The molecule has 3 aromatic rings. The Hall–Kier alpha value is -2.21. The number of nitrogens with zero attached hydrogens (tertiary/aromatic N) is 3. The third kappa shape index (κ3) is 2.21. The Morgan fingerprint density at radius 3 is 2.86 bits per heavy atom. The van der Waals surface area contributed by atoms with Gasteiger partial charge in [0, 0.05) is 4.88 Å². The molecule has 1 aliphatic rings. The third-order valence-electron chi connectivity index (χ3n) is 3.77. The summed E-state index contributed by atoms with van der Waals surface area (Å²) in [6.07, 6.45) is 2.43. The highest BCUT2D eigenvalue weighted by Gasteiger charge is 2.30. The monoisotopic (exact) mass is 300 g/mol. The van der Waals surface area contributed by atoms with Crippen LogP contribution in [-0.2, 0) is 0 Å². The molecule has 1 aliphatic heterocycles. The van der Waals surface area contributed by atoms with Crippen LogP contribution in [0.1, 0.15) is 28.9 Å². The van der Waals surface area contributed by atoms with Gasteiger partial charge in [-0.2, -0.15) is 10.1 Å². The van der Waals surface area contributed by atoms with Crippen LogP contribution in [0.4, 0.5) is 10.3 Å². The van der Waals surface area contributed by atoms with Gasteiger partial charge in [-0.3, -0.25) is 0 Å². The van der Waals surface area contributed by atoms with Gasteiger partial charge in [0.1, 0.15) is 12.1 Å². The van der Waals surface area contributed by atoms with Crippen molar-refractivity contribution in [2.75, 3.05) is 5.32 Å². The molecule has 21 heavy (non-hydrogen) atoms. The molecule has 0 saturated heterocycles. The predicted octanol–water partition coefficient (Wildman–Crippen LogP) is 3.63. The zero-order valence-corrected chi connectivity index (χ0v) is 11.9. The minimum atomic E-state index is -0.215. The van der Waals surface area contributed by atoms with Crippen molar-refractivity contribution >= 4 is 17.3 Å². The van der Waals surface area contributed by atoms with Gasteiger partial charge in [-0.05, 0) is 35.6 Å². The lowest BCUT2D eigenvalue weighted by atomic mass is 9.97. The van der Waals surface area contributed by atoms with Crippen molar-refractivity contribution in [2.45, 2.75) is 18.5 Å². The number of hydrogen-bond donors (Lipinski definition) is 1. The number of fused-ring (bicyclic) bond motifs is 1. The van der Waals surface area contributed by atoms with E-state index in [0.717, 1.165) is 17.9 Å². The third-order valence-corrected chi connectivity index (χ3v) is 4.75. The number of thiophene rings is 1. The Kier molecular flexibility index (Phi) is 2.96. The first-order valence-electron chi connectivity index (χ1n) is 6.76. The lowest BCUT2D eigenvalue weighted by molar-refractivity contribution is 0.436. The van der Waals surface area contributed by atoms with Crippen molar-refractivity contribution in [1.82, 2.24) is 14.8 Å². The first-order chi connectivity index (χ1) is 10.3. The SMILES string of the molecule is Fc1ccc([C@@H]2C[C@H](c3cccs3)n3ncnc3N2)cc1. The van der Waals surface area contributed by atoms with Crippen molar-refractivity contribution in [2.24, 2.45) is 0 Å². The summed E-state index contributed by atoms with van der Waals surface area (Å²) in [5.41, 5.74) is 1.06. The highest BCUT2D eigenvalue weighted by Crippen LogP contribution is 2.38. The topological polar surface area (TPSA) is 42.7 Å². The summed E-state index contributed by atoms with van der Waals surface area (Å²) < 4.78 is 15.0. The van der Waals surface area contributed by atoms with Gasteiger partial charge >= 0.3 is 0 Å². The molecule has 0 amide bonds. The van der Waals surface area contributed by atoms with Crippen molar-refractivity contribution in [3.05, 3.63) is 64.4 Å². The minimum absolute atomic E-state index is 0.106. The largest absolute Gasteiger partial charge is 0.348 e. The smallest absolute Gasteiger partial charge is 0.222 e. The fourth-order valence-electron chi connectivity index (χ4n) is 2.75. The Balaban J connectivity index is 1.72. The van der Waals surface area contributed by atoms with E-state index in [1.165, 1.54) is 17.0 Å². The van der Waals surface area contributed by atoms with Crippen molar-refractivity contribution in [1.29, 1.82) is 0 Å². The molecule has 2 aromatic heterocycles. The standard InChI is InChI=1S/C15H13FN4S/c16-11-5-3-10(4-6-11)12-8-13(14-2-1-7-21-14)20-15(19-12)17-9-18-20/h1-7,9,12-13H,8H2,(H,17,18,19)/t12-,13+/m0/s1. The molecule has 2 atom stereocenters. The molecule has 6 heteroatoms. The molecular formula is C15H13FN4S. The summed E-state index contributed by atoms with van der Waals surface area (Å²) in [6.45, 7) is 0. The summed E-state index contributed by atoms with van der Waals surface area (Å²) in [5.74, 6) is 0.543. The maximum absolute atomic E-state index is 13.1. The van der Waals surface area contributed by atoms with Crippen molar-refractivity contribution in [3.63, 3.8) is 0 Å². The highest BCUT2D eigenvalue weighted by atomic mass is 32.1. The zero-order valence-electron chi connectivity index (χ0n) is 11.1. The van der Waals surface area contributed by atoms with Crippen LogP contribution in [0.5, 0.6) is 0 Å². The van der Waals surface area contributed by atoms with E-state index in [1.807, 2.05) is 22.9 Å². The van der Waals surface area contributed by atoms with Crippen LogP contribution in [0.15, 0.2) is 48.1 Å². The summed E-state index contributed by atoms with van der Waals surface area (Å²) in [4.78, 5) is 5.54. The molecular weight excluding hydrogens is 287 g/mol. The maximum Gasteiger partial charge on any atom is 0.222 e. The Labute approximate surface area is 125 Å². The van der Waals surface area contributed by atoms with Gasteiger partial charge in [-0.15, -0.1) is 11.3 Å². The van der Waals surface area contributed by atoms with Gasteiger partial charge in [0.2, 0.25) is 5.95 Å². The fraction of sp³-hybridized carbons (Fsp3) is 0.200. The molecule has 4 rings (SSSR count). The van der Waals surface area contributed by atoms with E-state index in [9.17, 15) is 4.39 Å². The van der Waals surface area contributed by atoms with Crippen LogP contribution < -0.4 is 5.32 Å². The van der Waals surface area contributed by atoms with Gasteiger partial charge in [0.25, 0.3) is 0 Å². The second kappa shape index (κ2) is 4.96. The average Bonchev–Trinajstić information content (AvgIpc) is 3.18. The quantitative estimate of drug-likeness (QED) is 0.786. The normalized spacial score (nSPS) is 20.8. The van der Waals surface area contributed by atoms with Crippen LogP contribution in [0.25, 0.3) is 0 Å². The second-order valence-corrected chi connectivity index (χ2v) is 6.02. The highest BCUT2D eigenvalue weighted by molar-refractivity contribution is 7.10. The van der Waals surface area contributed by atoms with Crippen LogP contribution >= 0.6 is 11.3 Å². The molecule has 1 N–H and O–H groups in total. The molecule has 0 fully saturated rings. The number of anilines is 1. The molecule has 0 saturated carbocycles. The molecule has 0 bridgehead atoms. The van der Waals surface area contributed by atoms with Gasteiger partial charge in [-0.1, -0.05) is 18.2 Å². The number of hydrogen-bond acceptors (Lipinski definition) is 4. The second-order valence-electron chi connectivity index (χ2n) is 5.04. The summed E-state index contributed by atoms with van der Waals surface area (Å²) in [5, 5.41) is 9.77. The molecule has 4 nitrogen and oxygen atoms in total. The number of halogens is 1. The number of rotatable bonds is 2. The van der Waals surface area contributed by atoms with E-state index in [2.05, 4.69) is 26.8 Å². The molecule has 1 aromatic carbocycles. The molecule has 3 heterocycles. The molecule has 0 aliphatic carbocycles. The summed E-state index contributed by atoms with van der Waals surface area (Å²) in [7, 11) is 0. The number of benzene rings is 1. The lowest BCUT2D eigenvalue weighted by Gasteiger charge is -2.31. The van der Waals surface area contributed by atoms with E-state index in [4.69, 9.17) is 0 Å². The van der Waals surface area contributed by atoms with Crippen molar-refractivity contribution in [3.8, 4) is 0 Å². The summed E-state index contributed by atoms with van der Waals surface area (Å²) >= 11 is 1.72. The predicted molar refractivity (Wildman–Crippen MR) is 79.9 cm³/mol. The Morgan fingerprint density at radius 1 is 1.24 bits per heavy atom. The zero-order chi connectivity index (χ0) is 14.2. The molecule has 106 valence electrons. The fourth-order valence-corrected chi connectivity index (χ4v) is 3.58. The molecule has 0 radical (unpaired) electrons. The Bertz CT molecular complexity index is 735. The maximum atomic E-state index is 13.1. The summed E-state index contributed by atoms with van der Waals surface area (Å²) in [6, 6.07) is 11.1. The number of nitrogens with one attached hydrogen (secondary N) is 1. The van der Waals surface area contributed by atoms with Gasteiger partial charge < -0.3 is 5.32 Å². The molecule has 0 unspecified atom stereocenters. The lowest BCUT2D eigenvalue weighted by Crippen LogP contribution is -2.27. The van der Waals surface area contributed by atoms with E-state index in [1.54, 1.807) is 17.7 Å². The van der Waals surface area contributed by atoms with E-state index < -0.39 is 0 Å². The van der Waals surface area contributed by atoms with Gasteiger partial charge in [0.15, 0.2) is 0 Å². The van der Waals surface area contributed by atoms with E-state index in [-0.39, 0.29) is 17.9 Å².